The highest BCUT2D eigenvalue weighted by molar-refractivity contribution is 5.36. The molecule has 0 fully saturated rings. The SMILES string of the molecule is Cc1cccc(NCc2nncn2-c2ccccc2)n1. The first kappa shape index (κ1) is 12.3. The lowest BCUT2D eigenvalue weighted by atomic mass is 10.3. The Morgan fingerprint density at radius 2 is 1.90 bits per heavy atom. The van der Waals surface area contributed by atoms with Gasteiger partial charge in [0.15, 0.2) is 5.82 Å². The van der Waals surface area contributed by atoms with Crippen LogP contribution in [0, 0.1) is 6.92 Å². The number of aryl methyl sites for hydroxylation is 1. The van der Waals surface area contributed by atoms with E-state index in [2.05, 4.69) is 20.5 Å². The van der Waals surface area contributed by atoms with E-state index < -0.39 is 0 Å². The molecular formula is C15H15N5. The molecule has 5 nitrogen and oxygen atoms in total. The summed E-state index contributed by atoms with van der Waals surface area (Å²) >= 11 is 0. The molecule has 0 bridgehead atoms. The zero-order valence-electron chi connectivity index (χ0n) is 11.2. The van der Waals surface area contributed by atoms with Gasteiger partial charge in [0.25, 0.3) is 0 Å². The normalized spacial score (nSPS) is 10.4. The maximum absolute atomic E-state index is 4.41. The van der Waals surface area contributed by atoms with E-state index in [0.717, 1.165) is 23.0 Å². The second-order valence-corrected chi connectivity index (χ2v) is 4.47. The van der Waals surface area contributed by atoms with Crippen molar-refractivity contribution in [1.82, 2.24) is 19.7 Å². The van der Waals surface area contributed by atoms with E-state index in [1.807, 2.05) is 60.0 Å². The van der Waals surface area contributed by atoms with E-state index in [4.69, 9.17) is 0 Å². The largest absolute Gasteiger partial charge is 0.363 e. The number of hydrogen-bond donors (Lipinski definition) is 1. The van der Waals surface area contributed by atoms with Crippen LogP contribution < -0.4 is 5.32 Å². The molecule has 0 unspecified atom stereocenters. The molecular weight excluding hydrogens is 250 g/mol. The van der Waals surface area contributed by atoms with Crippen LogP contribution in [-0.2, 0) is 6.54 Å². The number of benzene rings is 1. The number of nitrogens with one attached hydrogen (secondary N) is 1. The maximum Gasteiger partial charge on any atom is 0.156 e. The molecule has 1 aromatic carbocycles. The van der Waals surface area contributed by atoms with Crippen molar-refractivity contribution in [3.8, 4) is 5.69 Å². The molecule has 2 heterocycles. The van der Waals surface area contributed by atoms with Crippen molar-refractivity contribution in [2.45, 2.75) is 13.5 Å². The smallest absolute Gasteiger partial charge is 0.156 e. The summed E-state index contributed by atoms with van der Waals surface area (Å²) in [6, 6.07) is 15.9. The fourth-order valence-electron chi connectivity index (χ4n) is 1.99. The molecule has 20 heavy (non-hydrogen) atoms. The number of rotatable bonds is 4. The van der Waals surface area contributed by atoms with Crippen LogP contribution in [0.2, 0.25) is 0 Å². The molecule has 0 saturated heterocycles. The Morgan fingerprint density at radius 3 is 2.70 bits per heavy atom. The van der Waals surface area contributed by atoms with Crippen molar-refractivity contribution < 1.29 is 0 Å². The van der Waals surface area contributed by atoms with Gasteiger partial charge in [0.05, 0.1) is 6.54 Å². The summed E-state index contributed by atoms with van der Waals surface area (Å²) in [6.45, 7) is 2.54. The fourth-order valence-corrected chi connectivity index (χ4v) is 1.99. The molecule has 0 amide bonds. The Labute approximate surface area is 117 Å². The zero-order valence-corrected chi connectivity index (χ0v) is 11.2. The summed E-state index contributed by atoms with van der Waals surface area (Å²) in [6.07, 6.45) is 1.72. The highest BCUT2D eigenvalue weighted by atomic mass is 15.3. The van der Waals surface area contributed by atoms with E-state index in [0.29, 0.717) is 6.54 Å². The van der Waals surface area contributed by atoms with Crippen LogP contribution in [0.1, 0.15) is 11.5 Å². The topological polar surface area (TPSA) is 55.6 Å². The second-order valence-electron chi connectivity index (χ2n) is 4.47. The summed E-state index contributed by atoms with van der Waals surface area (Å²) in [7, 11) is 0. The van der Waals surface area contributed by atoms with E-state index in [1.54, 1.807) is 6.33 Å². The van der Waals surface area contributed by atoms with Gasteiger partial charge in [0.1, 0.15) is 12.1 Å². The van der Waals surface area contributed by atoms with Gasteiger partial charge in [-0.05, 0) is 31.2 Å². The summed E-state index contributed by atoms with van der Waals surface area (Å²) in [5.41, 5.74) is 2.03. The summed E-state index contributed by atoms with van der Waals surface area (Å²) in [5.74, 6) is 1.69. The number of aromatic nitrogens is 4. The highest BCUT2D eigenvalue weighted by Gasteiger charge is 2.06. The molecule has 0 radical (unpaired) electrons. The fraction of sp³-hybridized carbons (Fsp3) is 0.133. The van der Waals surface area contributed by atoms with Gasteiger partial charge >= 0.3 is 0 Å². The molecule has 2 aromatic heterocycles. The van der Waals surface area contributed by atoms with Crippen LogP contribution in [0.25, 0.3) is 5.69 Å². The zero-order chi connectivity index (χ0) is 13.8. The number of hydrogen-bond acceptors (Lipinski definition) is 4. The third-order valence-corrected chi connectivity index (χ3v) is 2.97. The molecule has 0 aliphatic heterocycles. The first-order valence-corrected chi connectivity index (χ1v) is 6.45. The van der Waals surface area contributed by atoms with Gasteiger partial charge in [-0.15, -0.1) is 10.2 Å². The van der Waals surface area contributed by atoms with Gasteiger partial charge in [-0.1, -0.05) is 24.3 Å². The molecule has 0 spiro atoms. The number of pyridine rings is 1. The Bertz CT molecular complexity index is 690. The van der Waals surface area contributed by atoms with Crippen LogP contribution >= 0.6 is 0 Å². The number of nitrogens with zero attached hydrogens (tertiary/aromatic N) is 4. The second kappa shape index (κ2) is 5.52. The van der Waals surface area contributed by atoms with E-state index in [9.17, 15) is 0 Å². The Morgan fingerprint density at radius 1 is 1.05 bits per heavy atom. The standard InChI is InChI=1S/C15H15N5/c1-12-6-5-9-14(18-12)16-10-15-19-17-11-20(15)13-7-3-2-4-8-13/h2-9,11H,10H2,1H3,(H,16,18). The molecule has 0 aliphatic carbocycles. The average molecular weight is 265 g/mol. The van der Waals surface area contributed by atoms with Crippen LogP contribution in [0.3, 0.4) is 0 Å². The average Bonchev–Trinajstić information content (AvgIpc) is 2.95. The molecule has 0 saturated carbocycles. The maximum atomic E-state index is 4.41. The van der Waals surface area contributed by atoms with Crippen molar-refractivity contribution in [1.29, 1.82) is 0 Å². The lowest BCUT2D eigenvalue weighted by Gasteiger charge is -2.08. The lowest BCUT2D eigenvalue weighted by molar-refractivity contribution is 0.885. The number of para-hydroxylation sites is 1. The van der Waals surface area contributed by atoms with Crippen molar-refractivity contribution >= 4 is 5.82 Å². The van der Waals surface area contributed by atoms with Gasteiger partial charge in [0, 0.05) is 11.4 Å². The highest BCUT2D eigenvalue weighted by Crippen LogP contribution is 2.11. The lowest BCUT2D eigenvalue weighted by Crippen LogP contribution is -2.08. The van der Waals surface area contributed by atoms with Crippen LogP contribution in [0.15, 0.2) is 54.9 Å². The summed E-state index contributed by atoms with van der Waals surface area (Å²) < 4.78 is 1.96. The Hall–Kier alpha value is -2.69. The Kier molecular flexibility index (Phi) is 3.41. The minimum Gasteiger partial charge on any atom is -0.363 e. The van der Waals surface area contributed by atoms with Crippen molar-refractivity contribution in [3.63, 3.8) is 0 Å². The summed E-state index contributed by atoms with van der Waals surface area (Å²) in [5, 5.41) is 11.4. The monoisotopic (exact) mass is 265 g/mol. The third kappa shape index (κ3) is 2.66. The minimum absolute atomic E-state index is 0.575. The van der Waals surface area contributed by atoms with Gasteiger partial charge in [-0.25, -0.2) is 4.98 Å². The van der Waals surface area contributed by atoms with Crippen LogP contribution in [-0.4, -0.2) is 19.7 Å². The van der Waals surface area contributed by atoms with Crippen molar-refractivity contribution in [2.75, 3.05) is 5.32 Å². The molecule has 0 aliphatic rings. The molecule has 0 atom stereocenters. The van der Waals surface area contributed by atoms with Crippen molar-refractivity contribution in [2.24, 2.45) is 0 Å². The molecule has 5 heteroatoms. The first-order chi connectivity index (χ1) is 9.83. The van der Waals surface area contributed by atoms with Gasteiger partial charge in [0.2, 0.25) is 0 Å². The number of anilines is 1. The molecule has 3 aromatic rings. The molecule has 1 N–H and O–H groups in total. The van der Waals surface area contributed by atoms with Gasteiger partial charge < -0.3 is 5.32 Å². The van der Waals surface area contributed by atoms with Crippen LogP contribution in [0.5, 0.6) is 0 Å². The molecule has 3 rings (SSSR count). The third-order valence-electron chi connectivity index (χ3n) is 2.97. The first-order valence-electron chi connectivity index (χ1n) is 6.45. The van der Waals surface area contributed by atoms with E-state index in [-0.39, 0.29) is 0 Å². The molecule has 100 valence electrons. The predicted octanol–water partition coefficient (Wildman–Crippen LogP) is 2.58. The minimum atomic E-state index is 0.575. The van der Waals surface area contributed by atoms with Gasteiger partial charge in [-0.3, -0.25) is 4.57 Å². The van der Waals surface area contributed by atoms with Crippen LogP contribution in [0.4, 0.5) is 5.82 Å². The Balaban J connectivity index is 1.78. The quantitative estimate of drug-likeness (QED) is 0.787. The van der Waals surface area contributed by atoms with Gasteiger partial charge in [-0.2, -0.15) is 0 Å². The predicted molar refractivity (Wildman–Crippen MR) is 77.7 cm³/mol. The summed E-state index contributed by atoms with van der Waals surface area (Å²) in [4.78, 5) is 4.41. The van der Waals surface area contributed by atoms with Crippen molar-refractivity contribution in [3.05, 3.63) is 66.4 Å². The van der Waals surface area contributed by atoms with E-state index >= 15 is 0 Å². The van der Waals surface area contributed by atoms with E-state index in [1.165, 1.54) is 0 Å².